The number of aromatic nitrogens is 3. The first kappa shape index (κ1) is 36.5. The van der Waals surface area contributed by atoms with E-state index in [9.17, 15) is 9.18 Å². The first-order chi connectivity index (χ1) is 25.8. The zero-order valence-electron chi connectivity index (χ0n) is 31.4. The van der Waals surface area contributed by atoms with Crippen molar-refractivity contribution in [3.05, 3.63) is 48.2 Å². The summed E-state index contributed by atoms with van der Waals surface area (Å²) < 4.78 is 70.2. The van der Waals surface area contributed by atoms with E-state index in [4.69, 9.17) is 23.9 Å². The molecule has 0 spiro atoms. The van der Waals surface area contributed by atoms with Gasteiger partial charge in [0.25, 0.3) is 0 Å². The van der Waals surface area contributed by atoms with E-state index >= 15 is 8.78 Å². The van der Waals surface area contributed by atoms with Gasteiger partial charge in [0.05, 0.1) is 10.9 Å². The molecule has 2 bridgehead atoms. The number of nitrogens with zero attached hydrogens (tertiary/aromatic N) is 6. The maximum atomic E-state index is 17.1. The average Bonchev–Trinajstić information content (AvgIpc) is 3.75. The second kappa shape index (κ2) is 14.0. The molecule has 2 unspecified atom stereocenters. The van der Waals surface area contributed by atoms with Gasteiger partial charge in [0, 0.05) is 62.4 Å². The van der Waals surface area contributed by atoms with Gasteiger partial charge in [-0.05, 0) is 89.4 Å². The van der Waals surface area contributed by atoms with Crippen LogP contribution in [0.4, 0.5) is 23.8 Å². The molecule has 4 aromatic rings. The molecule has 0 saturated carbocycles. The third-order valence-electron chi connectivity index (χ3n) is 11.6. The SMILES string of the molecule is COCOc1cc(-c2ncc3c(N(C)C4CC5CCC(C4)N5C(=O)OC(C)(C)C)nc(OC[C@@]45CCCN4C[C@H](F)C5)nc3c2F)c2c(F)cccc2c1. The highest BCUT2D eigenvalue weighted by Crippen LogP contribution is 2.43. The predicted molar refractivity (Wildman–Crippen MR) is 198 cm³/mol. The first-order valence-electron chi connectivity index (χ1n) is 18.8. The minimum Gasteiger partial charge on any atom is -0.468 e. The van der Waals surface area contributed by atoms with Crippen LogP contribution < -0.4 is 14.4 Å². The quantitative estimate of drug-likeness (QED) is 0.161. The number of alkyl halides is 1. The number of carbonyl (C=O) groups is 1. The van der Waals surface area contributed by atoms with E-state index < -0.39 is 28.9 Å². The van der Waals surface area contributed by atoms with Crippen LogP contribution in [0.3, 0.4) is 0 Å². The Bertz CT molecular complexity index is 2070. The molecule has 54 heavy (non-hydrogen) atoms. The van der Waals surface area contributed by atoms with E-state index in [1.165, 1.54) is 19.4 Å². The summed E-state index contributed by atoms with van der Waals surface area (Å²) in [5, 5.41) is 1.04. The van der Waals surface area contributed by atoms with E-state index in [0.29, 0.717) is 48.1 Å². The van der Waals surface area contributed by atoms with Crippen LogP contribution in [0.5, 0.6) is 11.8 Å². The number of hydrogen-bond donors (Lipinski definition) is 0. The number of halogens is 3. The van der Waals surface area contributed by atoms with Gasteiger partial charge < -0.3 is 28.7 Å². The Labute approximate surface area is 312 Å². The molecule has 2 aromatic heterocycles. The fraction of sp³-hybridized carbons (Fsp3) is 0.550. The fourth-order valence-corrected chi connectivity index (χ4v) is 9.19. The second-order valence-corrected chi connectivity index (χ2v) is 16.2. The highest BCUT2D eigenvalue weighted by Gasteiger charge is 2.50. The number of methoxy groups -OCH3 is 1. The van der Waals surface area contributed by atoms with Gasteiger partial charge in [-0.3, -0.25) is 9.88 Å². The fourth-order valence-electron chi connectivity index (χ4n) is 9.19. The minimum absolute atomic E-state index is 0.0180. The van der Waals surface area contributed by atoms with Gasteiger partial charge in [-0.2, -0.15) is 9.97 Å². The molecular formula is C40H47F3N6O5. The van der Waals surface area contributed by atoms with Crippen LogP contribution in [0.25, 0.3) is 32.9 Å². The van der Waals surface area contributed by atoms with Crippen LogP contribution in [0.15, 0.2) is 36.5 Å². The Balaban J connectivity index is 1.19. The number of anilines is 1. The van der Waals surface area contributed by atoms with Crippen molar-refractivity contribution in [2.24, 2.45) is 0 Å². The predicted octanol–water partition coefficient (Wildman–Crippen LogP) is 7.43. The molecule has 4 aliphatic heterocycles. The van der Waals surface area contributed by atoms with Crippen molar-refractivity contribution in [1.82, 2.24) is 24.8 Å². The largest absolute Gasteiger partial charge is 0.468 e. The zero-order chi connectivity index (χ0) is 37.9. The summed E-state index contributed by atoms with van der Waals surface area (Å²) in [4.78, 5) is 33.3. The number of rotatable bonds is 9. The molecule has 0 radical (unpaired) electrons. The van der Waals surface area contributed by atoms with E-state index in [1.807, 2.05) is 37.6 Å². The molecule has 0 N–H and O–H groups in total. The summed E-state index contributed by atoms with van der Waals surface area (Å²) >= 11 is 0. The number of amides is 1. The van der Waals surface area contributed by atoms with Crippen molar-refractivity contribution in [3.63, 3.8) is 0 Å². The van der Waals surface area contributed by atoms with Gasteiger partial charge in [-0.25, -0.2) is 18.0 Å². The molecular weight excluding hydrogens is 701 g/mol. The van der Waals surface area contributed by atoms with Crippen LogP contribution in [0.2, 0.25) is 0 Å². The molecule has 1 amide bonds. The minimum atomic E-state index is -0.944. The second-order valence-electron chi connectivity index (χ2n) is 16.2. The lowest BCUT2D eigenvalue weighted by atomic mass is 9.95. The van der Waals surface area contributed by atoms with Crippen molar-refractivity contribution >= 4 is 33.6 Å². The number of hydrogen-bond acceptors (Lipinski definition) is 10. The van der Waals surface area contributed by atoms with Gasteiger partial charge in [-0.15, -0.1) is 0 Å². The van der Waals surface area contributed by atoms with E-state index in [1.54, 1.807) is 24.3 Å². The number of ether oxygens (including phenoxy) is 4. The average molecular weight is 749 g/mol. The Hall–Kier alpha value is -4.43. The van der Waals surface area contributed by atoms with Crippen LogP contribution in [-0.4, -0.2) is 107 Å². The van der Waals surface area contributed by atoms with Crippen molar-refractivity contribution in [2.75, 3.05) is 45.5 Å². The highest BCUT2D eigenvalue weighted by atomic mass is 19.1. The number of benzene rings is 2. The topological polar surface area (TPSA) is 102 Å². The Morgan fingerprint density at radius 2 is 1.87 bits per heavy atom. The van der Waals surface area contributed by atoms with Crippen molar-refractivity contribution in [3.8, 4) is 23.0 Å². The summed E-state index contributed by atoms with van der Waals surface area (Å²) in [5.41, 5.74) is -1.04. The van der Waals surface area contributed by atoms with E-state index in [2.05, 4.69) is 14.9 Å². The van der Waals surface area contributed by atoms with Crippen LogP contribution in [-0.2, 0) is 9.47 Å². The number of carbonyl (C=O) groups excluding carboxylic acids is 1. The standard InChI is InChI=1S/C40H47F3N6O5/c1-39(2,3)54-38(50)49-25-10-11-26(49)16-27(15-25)47(4)36-30-19-44-34(29-17-28(53-22-51-5)14-23-8-6-9-31(42)32(23)29)33(43)35(30)45-37(46-36)52-21-40-12-7-13-48(40)20-24(41)18-40/h6,8-9,14,17,19,24-27H,7,10-13,15-16,18,20-22H2,1-5H3/t24-,25?,26?,27?,40+/m1/s1. The maximum Gasteiger partial charge on any atom is 0.410 e. The monoisotopic (exact) mass is 748 g/mol. The molecule has 4 aliphatic rings. The van der Waals surface area contributed by atoms with Gasteiger partial charge in [0.2, 0.25) is 0 Å². The lowest BCUT2D eigenvalue weighted by Crippen LogP contribution is -2.53. The number of piperidine rings is 1. The van der Waals surface area contributed by atoms with Gasteiger partial charge in [-0.1, -0.05) is 12.1 Å². The summed E-state index contributed by atoms with van der Waals surface area (Å²) in [7, 11) is 3.40. The lowest BCUT2D eigenvalue weighted by molar-refractivity contribution is 0.00596. The normalized spacial score (nSPS) is 25.4. The Morgan fingerprint density at radius 3 is 2.61 bits per heavy atom. The van der Waals surface area contributed by atoms with Gasteiger partial charge in [0.1, 0.15) is 47.0 Å². The van der Waals surface area contributed by atoms with Gasteiger partial charge in [0.15, 0.2) is 12.6 Å². The van der Waals surface area contributed by atoms with E-state index in [0.717, 1.165) is 32.2 Å². The molecule has 0 aliphatic carbocycles. The van der Waals surface area contributed by atoms with Crippen LogP contribution in [0, 0.1) is 11.6 Å². The summed E-state index contributed by atoms with van der Waals surface area (Å²) in [6.07, 6.45) is 5.40. The van der Waals surface area contributed by atoms with Gasteiger partial charge >= 0.3 is 12.1 Å². The molecule has 6 heterocycles. The molecule has 288 valence electrons. The highest BCUT2D eigenvalue weighted by molar-refractivity contribution is 6.00. The molecule has 11 nitrogen and oxygen atoms in total. The van der Waals surface area contributed by atoms with Crippen LogP contribution in [0.1, 0.15) is 65.7 Å². The summed E-state index contributed by atoms with van der Waals surface area (Å²) in [6, 6.07) is 7.71. The third kappa shape index (κ3) is 6.65. The summed E-state index contributed by atoms with van der Waals surface area (Å²) in [6.45, 7) is 6.85. The molecule has 14 heteroatoms. The first-order valence-corrected chi connectivity index (χ1v) is 18.8. The molecule has 2 aromatic carbocycles. The third-order valence-corrected chi connectivity index (χ3v) is 11.6. The number of fused-ring (bicyclic) bond motifs is 5. The van der Waals surface area contributed by atoms with Crippen molar-refractivity contribution in [1.29, 1.82) is 0 Å². The number of pyridine rings is 1. The lowest BCUT2D eigenvalue weighted by Gasteiger charge is -2.42. The van der Waals surface area contributed by atoms with E-state index in [-0.39, 0.29) is 65.8 Å². The smallest absolute Gasteiger partial charge is 0.410 e. The maximum absolute atomic E-state index is 17.1. The summed E-state index contributed by atoms with van der Waals surface area (Å²) in [5.74, 6) is -0.529. The Morgan fingerprint density at radius 1 is 1.09 bits per heavy atom. The Kier molecular flexibility index (Phi) is 9.48. The molecule has 8 rings (SSSR count). The van der Waals surface area contributed by atoms with Crippen LogP contribution >= 0.6 is 0 Å². The van der Waals surface area contributed by atoms with Crippen molar-refractivity contribution in [2.45, 2.75) is 101 Å². The zero-order valence-corrected chi connectivity index (χ0v) is 31.4. The molecule has 4 atom stereocenters. The molecule has 4 fully saturated rings. The molecule has 4 saturated heterocycles. The van der Waals surface area contributed by atoms with Crippen molar-refractivity contribution < 1.29 is 36.9 Å².